The van der Waals surface area contributed by atoms with Crippen LogP contribution in [0.25, 0.3) is 10.9 Å². The summed E-state index contributed by atoms with van der Waals surface area (Å²) in [7, 11) is 0. The quantitative estimate of drug-likeness (QED) is 0.466. The summed E-state index contributed by atoms with van der Waals surface area (Å²) in [4.78, 5) is 20.4. The molecule has 186 valence electrons. The Morgan fingerprint density at radius 2 is 1.66 bits per heavy atom. The molecule has 1 saturated heterocycles. The zero-order valence-electron chi connectivity index (χ0n) is 19.8. The number of benzene rings is 2. The Labute approximate surface area is 201 Å². The molecule has 0 unspecified atom stereocenters. The second kappa shape index (κ2) is 9.16. The maximum Gasteiger partial charge on any atom is 0.417 e. The van der Waals surface area contributed by atoms with Gasteiger partial charge in [-0.2, -0.15) is 13.2 Å². The molecule has 35 heavy (non-hydrogen) atoms. The van der Waals surface area contributed by atoms with E-state index in [9.17, 15) is 18.0 Å². The average molecular weight is 488 g/mol. The third-order valence-electron chi connectivity index (χ3n) is 5.57. The summed E-state index contributed by atoms with van der Waals surface area (Å²) in [5, 5.41) is 2.93. The molecule has 7 nitrogen and oxygen atoms in total. The van der Waals surface area contributed by atoms with Crippen LogP contribution in [0.2, 0.25) is 0 Å². The van der Waals surface area contributed by atoms with Gasteiger partial charge in [-0.25, -0.2) is 9.78 Å². The number of carbonyl (C=O) groups is 1. The highest BCUT2D eigenvalue weighted by Crippen LogP contribution is 2.37. The van der Waals surface area contributed by atoms with Crippen LogP contribution in [0.3, 0.4) is 0 Å². The Hall–Kier alpha value is -3.69. The van der Waals surface area contributed by atoms with E-state index in [1.54, 1.807) is 17.0 Å². The van der Waals surface area contributed by atoms with Crippen LogP contribution in [0.5, 0.6) is 0 Å². The van der Waals surface area contributed by atoms with Crippen molar-refractivity contribution in [2.75, 3.05) is 42.1 Å². The summed E-state index contributed by atoms with van der Waals surface area (Å²) in [6.45, 7) is 7.89. The van der Waals surface area contributed by atoms with E-state index in [1.807, 2.05) is 32.9 Å². The number of hydrogen-bond acceptors (Lipinski definition) is 6. The second-order valence-corrected chi connectivity index (χ2v) is 9.46. The molecule has 1 fully saturated rings. The van der Waals surface area contributed by atoms with E-state index in [0.29, 0.717) is 31.9 Å². The van der Waals surface area contributed by atoms with Crippen molar-refractivity contribution in [2.24, 2.45) is 0 Å². The van der Waals surface area contributed by atoms with Gasteiger partial charge in [0.2, 0.25) is 0 Å². The number of carbonyl (C=O) groups excluding carboxylic acids is 1. The summed E-state index contributed by atoms with van der Waals surface area (Å²) >= 11 is 0. The molecule has 0 radical (unpaired) electrons. The summed E-state index contributed by atoms with van der Waals surface area (Å²) in [5.74, 6) is 0.0910. The number of amides is 1. The first-order valence-corrected chi connectivity index (χ1v) is 11.3. The molecule has 1 amide bonds. The lowest BCUT2D eigenvalue weighted by Crippen LogP contribution is -2.50. The number of pyridine rings is 1. The van der Waals surface area contributed by atoms with Crippen LogP contribution in [0, 0.1) is 0 Å². The molecule has 0 atom stereocenters. The molecular formula is C25H28F3N5O2. The largest absolute Gasteiger partial charge is 0.444 e. The number of nitrogens with zero attached hydrogens (tertiary/aromatic N) is 3. The van der Waals surface area contributed by atoms with Crippen LogP contribution >= 0.6 is 0 Å². The van der Waals surface area contributed by atoms with Crippen LogP contribution in [-0.4, -0.2) is 47.8 Å². The molecule has 10 heteroatoms. The molecule has 0 aliphatic carbocycles. The Morgan fingerprint density at radius 3 is 2.26 bits per heavy atom. The van der Waals surface area contributed by atoms with Gasteiger partial charge in [0.05, 0.1) is 11.1 Å². The summed E-state index contributed by atoms with van der Waals surface area (Å²) < 4.78 is 46.4. The van der Waals surface area contributed by atoms with E-state index in [-0.39, 0.29) is 28.5 Å². The Bertz CT molecular complexity index is 1210. The molecule has 4 rings (SSSR count). The predicted molar refractivity (Wildman–Crippen MR) is 131 cm³/mol. The molecule has 3 N–H and O–H groups in total. The molecule has 1 aliphatic heterocycles. The van der Waals surface area contributed by atoms with Gasteiger partial charge < -0.3 is 25.6 Å². The van der Waals surface area contributed by atoms with E-state index in [4.69, 9.17) is 10.5 Å². The number of halogens is 3. The van der Waals surface area contributed by atoms with Crippen molar-refractivity contribution < 1.29 is 22.7 Å². The first-order chi connectivity index (χ1) is 16.4. The van der Waals surface area contributed by atoms with Gasteiger partial charge in [0.15, 0.2) is 0 Å². The lowest BCUT2D eigenvalue weighted by Gasteiger charge is -2.36. The number of aromatic nitrogens is 1. The highest BCUT2D eigenvalue weighted by Gasteiger charge is 2.33. The summed E-state index contributed by atoms with van der Waals surface area (Å²) in [5.41, 5.74) is 6.36. The highest BCUT2D eigenvalue weighted by molar-refractivity contribution is 5.87. The number of alkyl halides is 3. The smallest absolute Gasteiger partial charge is 0.417 e. The number of hydrogen-bond donors (Lipinski definition) is 2. The maximum absolute atomic E-state index is 13.7. The second-order valence-electron chi connectivity index (χ2n) is 9.46. The van der Waals surface area contributed by atoms with Crippen molar-refractivity contribution in [1.29, 1.82) is 0 Å². The number of fused-ring (bicyclic) bond motifs is 1. The molecule has 0 spiro atoms. The minimum absolute atomic E-state index is 0.0380. The van der Waals surface area contributed by atoms with E-state index < -0.39 is 17.3 Å². The standard InChI is InChI=1S/C25H28F3N5O2/c1-24(2,3)35-23(34)33-12-10-32(11-13-33)18-7-5-17(6-8-18)30-22-15-20(25(26,27)28)19-14-16(29)4-9-21(19)31-22/h4-9,14-15H,10-13,29H2,1-3H3,(H,30,31). The lowest BCUT2D eigenvalue weighted by molar-refractivity contribution is -0.136. The first-order valence-electron chi connectivity index (χ1n) is 11.3. The van der Waals surface area contributed by atoms with Crippen molar-refractivity contribution in [3.8, 4) is 0 Å². The zero-order chi connectivity index (χ0) is 25.4. The molecule has 0 saturated carbocycles. The fourth-order valence-electron chi connectivity index (χ4n) is 3.92. The molecule has 0 bridgehead atoms. The Balaban J connectivity index is 1.45. The number of anilines is 4. The van der Waals surface area contributed by atoms with Crippen molar-refractivity contribution in [3.63, 3.8) is 0 Å². The molecule has 3 aromatic rings. The maximum atomic E-state index is 13.7. The minimum Gasteiger partial charge on any atom is -0.444 e. The Morgan fingerprint density at radius 1 is 1.00 bits per heavy atom. The van der Waals surface area contributed by atoms with Gasteiger partial charge in [0.1, 0.15) is 11.4 Å². The normalized spacial score (nSPS) is 14.8. The van der Waals surface area contributed by atoms with Crippen molar-refractivity contribution in [2.45, 2.75) is 32.5 Å². The molecule has 2 aromatic carbocycles. The van der Waals surface area contributed by atoms with Gasteiger partial charge in [-0.05, 0) is 69.3 Å². The Kier molecular flexibility index (Phi) is 6.40. The van der Waals surface area contributed by atoms with Gasteiger partial charge in [-0.3, -0.25) is 0 Å². The number of piperazine rings is 1. The van der Waals surface area contributed by atoms with Crippen molar-refractivity contribution in [3.05, 3.63) is 54.1 Å². The van der Waals surface area contributed by atoms with Crippen LogP contribution in [0.4, 0.5) is 40.8 Å². The fraction of sp³-hybridized carbons (Fsp3) is 0.360. The van der Waals surface area contributed by atoms with Crippen molar-refractivity contribution >= 4 is 39.9 Å². The number of nitrogen functional groups attached to an aromatic ring is 1. The zero-order valence-corrected chi connectivity index (χ0v) is 19.8. The van der Waals surface area contributed by atoms with Crippen molar-refractivity contribution in [1.82, 2.24) is 9.88 Å². The number of rotatable bonds is 3. The monoisotopic (exact) mass is 487 g/mol. The lowest BCUT2D eigenvalue weighted by atomic mass is 10.1. The van der Waals surface area contributed by atoms with E-state index in [2.05, 4.69) is 15.2 Å². The third kappa shape index (κ3) is 5.87. The number of nitrogens with two attached hydrogens (primary N) is 1. The van der Waals surface area contributed by atoms with Crippen LogP contribution in [0.15, 0.2) is 48.5 Å². The molecule has 2 heterocycles. The first kappa shape index (κ1) is 24.4. The van der Waals surface area contributed by atoms with Gasteiger partial charge >= 0.3 is 12.3 Å². The van der Waals surface area contributed by atoms with Crippen LogP contribution < -0.4 is 16.0 Å². The fourth-order valence-corrected chi connectivity index (χ4v) is 3.92. The van der Waals surface area contributed by atoms with Gasteiger partial charge in [0.25, 0.3) is 0 Å². The summed E-state index contributed by atoms with van der Waals surface area (Å²) in [6.07, 6.45) is -4.86. The van der Waals surface area contributed by atoms with Gasteiger partial charge in [0, 0.05) is 48.6 Å². The highest BCUT2D eigenvalue weighted by atomic mass is 19.4. The SMILES string of the molecule is CC(C)(C)OC(=O)N1CCN(c2ccc(Nc3cc(C(F)(F)F)c4cc(N)ccc4n3)cc2)CC1. The third-order valence-corrected chi connectivity index (χ3v) is 5.57. The number of ether oxygens (including phenoxy) is 1. The van der Waals surface area contributed by atoms with E-state index in [1.165, 1.54) is 18.2 Å². The van der Waals surface area contributed by atoms with Gasteiger partial charge in [-0.1, -0.05) is 0 Å². The van der Waals surface area contributed by atoms with Crippen LogP contribution in [0.1, 0.15) is 26.3 Å². The molecule has 1 aliphatic rings. The molecular weight excluding hydrogens is 459 g/mol. The number of nitrogens with one attached hydrogen (secondary N) is 1. The topological polar surface area (TPSA) is 83.7 Å². The van der Waals surface area contributed by atoms with E-state index in [0.717, 1.165) is 11.8 Å². The predicted octanol–water partition coefficient (Wildman–Crippen LogP) is 5.64. The van der Waals surface area contributed by atoms with Gasteiger partial charge in [-0.15, -0.1) is 0 Å². The summed E-state index contributed by atoms with van der Waals surface area (Å²) in [6, 6.07) is 12.6. The van der Waals surface area contributed by atoms with E-state index >= 15 is 0 Å². The average Bonchev–Trinajstić information content (AvgIpc) is 2.78. The molecule has 1 aromatic heterocycles. The van der Waals surface area contributed by atoms with Crippen LogP contribution in [-0.2, 0) is 10.9 Å². The minimum atomic E-state index is -4.54.